The average molecular weight is 234 g/mol. The Morgan fingerprint density at radius 1 is 1.31 bits per heavy atom. The first-order chi connectivity index (χ1) is 7.65. The molecular formula is C10H10N4OS. The van der Waals surface area contributed by atoms with E-state index in [0.717, 1.165) is 10.6 Å². The number of pyridine rings is 1. The zero-order chi connectivity index (χ0) is 11.5. The largest absolute Gasteiger partial charge is 0.296 e. The highest BCUT2D eigenvalue weighted by Gasteiger charge is 2.09. The zero-order valence-corrected chi connectivity index (χ0v) is 9.71. The van der Waals surface area contributed by atoms with E-state index in [1.54, 1.807) is 12.3 Å². The molecule has 2 rings (SSSR count). The number of carbonyl (C=O) groups is 1. The van der Waals surface area contributed by atoms with Gasteiger partial charge < -0.3 is 0 Å². The number of rotatable bonds is 2. The van der Waals surface area contributed by atoms with Crippen molar-refractivity contribution in [3.63, 3.8) is 0 Å². The van der Waals surface area contributed by atoms with Gasteiger partial charge in [-0.25, -0.2) is 0 Å². The fraction of sp³-hybridized carbons (Fsp3) is 0.200. The van der Waals surface area contributed by atoms with Crippen LogP contribution in [-0.2, 0) is 0 Å². The lowest BCUT2D eigenvalue weighted by molar-refractivity contribution is 0.102. The third kappa shape index (κ3) is 2.40. The van der Waals surface area contributed by atoms with Crippen molar-refractivity contribution in [3.05, 3.63) is 34.6 Å². The van der Waals surface area contributed by atoms with Crippen LogP contribution >= 0.6 is 11.3 Å². The maximum absolute atomic E-state index is 11.8. The van der Waals surface area contributed by atoms with Gasteiger partial charge in [-0.05, 0) is 25.5 Å². The molecule has 0 aliphatic carbocycles. The molecule has 0 radical (unpaired) electrons. The van der Waals surface area contributed by atoms with E-state index in [2.05, 4.69) is 20.5 Å². The van der Waals surface area contributed by atoms with Crippen molar-refractivity contribution < 1.29 is 4.79 Å². The SMILES string of the molecule is Cc1cncc(C(=O)Nc2nnc(C)s2)c1. The Bertz CT molecular complexity index is 523. The van der Waals surface area contributed by atoms with Crippen LogP contribution in [0.15, 0.2) is 18.5 Å². The first-order valence-corrected chi connectivity index (χ1v) is 5.50. The van der Waals surface area contributed by atoms with Crippen LogP contribution in [-0.4, -0.2) is 21.1 Å². The third-order valence-electron chi connectivity index (χ3n) is 1.88. The van der Waals surface area contributed by atoms with E-state index < -0.39 is 0 Å². The van der Waals surface area contributed by atoms with Gasteiger partial charge >= 0.3 is 0 Å². The zero-order valence-electron chi connectivity index (χ0n) is 8.89. The molecule has 0 aliphatic heterocycles. The van der Waals surface area contributed by atoms with Crippen LogP contribution in [0.4, 0.5) is 5.13 Å². The second-order valence-corrected chi connectivity index (χ2v) is 4.51. The predicted octanol–water partition coefficient (Wildman–Crippen LogP) is 1.80. The highest BCUT2D eigenvalue weighted by molar-refractivity contribution is 7.15. The van der Waals surface area contributed by atoms with Crippen LogP contribution in [0.1, 0.15) is 20.9 Å². The smallest absolute Gasteiger partial charge is 0.259 e. The standard InChI is InChI=1S/C10H10N4OS/c1-6-3-8(5-11-4-6)9(15)12-10-14-13-7(2)16-10/h3-5H,1-2H3,(H,12,14,15). The quantitative estimate of drug-likeness (QED) is 0.860. The summed E-state index contributed by atoms with van der Waals surface area (Å²) in [6.45, 7) is 3.72. The van der Waals surface area contributed by atoms with Crippen molar-refractivity contribution in [1.82, 2.24) is 15.2 Å². The Morgan fingerprint density at radius 3 is 2.75 bits per heavy atom. The summed E-state index contributed by atoms with van der Waals surface area (Å²) in [6, 6.07) is 1.77. The number of nitrogens with one attached hydrogen (secondary N) is 1. The van der Waals surface area contributed by atoms with E-state index in [1.807, 2.05) is 13.8 Å². The van der Waals surface area contributed by atoms with Crippen LogP contribution < -0.4 is 5.32 Å². The minimum atomic E-state index is -0.215. The normalized spacial score (nSPS) is 10.1. The van der Waals surface area contributed by atoms with Crippen molar-refractivity contribution in [2.75, 3.05) is 5.32 Å². The van der Waals surface area contributed by atoms with Gasteiger partial charge in [0, 0.05) is 12.4 Å². The van der Waals surface area contributed by atoms with Crippen LogP contribution in [0.25, 0.3) is 0 Å². The topological polar surface area (TPSA) is 67.8 Å². The molecule has 0 atom stereocenters. The van der Waals surface area contributed by atoms with Gasteiger partial charge in [-0.1, -0.05) is 11.3 Å². The molecule has 0 aromatic carbocycles. The third-order valence-corrected chi connectivity index (χ3v) is 2.64. The van der Waals surface area contributed by atoms with Crippen molar-refractivity contribution in [2.24, 2.45) is 0 Å². The lowest BCUT2D eigenvalue weighted by Gasteiger charge is -2.00. The molecule has 2 aromatic heterocycles. The number of anilines is 1. The molecule has 0 saturated carbocycles. The van der Waals surface area contributed by atoms with Crippen LogP contribution in [0.2, 0.25) is 0 Å². The molecule has 2 aromatic rings. The van der Waals surface area contributed by atoms with E-state index in [-0.39, 0.29) is 5.91 Å². The van der Waals surface area contributed by atoms with Gasteiger partial charge in [0.25, 0.3) is 5.91 Å². The number of aromatic nitrogens is 3. The summed E-state index contributed by atoms with van der Waals surface area (Å²) >= 11 is 1.34. The van der Waals surface area contributed by atoms with E-state index in [9.17, 15) is 4.79 Å². The Balaban J connectivity index is 2.14. The van der Waals surface area contributed by atoms with Crippen LogP contribution in [0, 0.1) is 13.8 Å². The molecule has 0 saturated heterocycles. The van der Waals surface area contributed by atoms with Gasteiger partial charge in [-0.15, -0.1) is 10.2 Å². The summed E-state index contributed by atoms with van der Waals surface area (Å²) < 4.78 is 0. The fourth-order valence-electron chi connectivity index (χ4n) is 1.20. The summed E-state index contributed by atoms with van der Waals surface area (Å²) in [5.41, 5.74) is 1.47. The molecule has 1 amide bonds. The van der Waals surface area contributed by atoms with Crippen molar-refractivity contribution in [1.29, 1.82) is 0 Å². The Labute approximate surface area is 96.6 Å². The lowest BCUT2D eigenvalue weighted by atomic mass is 10.2. The molecule has 82 valence electrons. The second-order valence-electron chi connectivity index (χ2n) is 3.33. The number of nitrogens with zero attached hydrogens (tertiary/aromatic N) is 3. The maximum Gasteiger partial charge on any atom is 0.259 e. The molecule has 6 heteroatoms. The van der Waals surface area contributed by atoms with E-state index in [4.69, 9.17) is 0 Å². The highest BCUT2D eigenvalue weighted by Crippen LogP contribution is 2.14. The van der Waals surface area contributed by atoms with Crippen LogP contribution in [0.3, 0.4) is 0 Å². The molecule has 0 unspecified atom stereocenters. The average Bonchev–Trinajstić information content (AvgIpc) is 2.64. The van der Waals surface area contributed by atoms with Gasteiger partial charge in [0.15, 0.2) is 0 Å². The Hall–Kier alpha value is -1.82. The maximum atomic E-state index is 11.8. The summed E-state index contributed by atoms with van der Waals surface area (Å²) in [5, 5.41) is 11.6. The van der Waals surface area contributed by atoms with Crippen LogP contribution in [0.5, 0.6) is 0 Å². The van der Waals surface area contributed by atoms with E-state index in [0.29, 0.717) is 10.7 Å². The lowest BCUT2D eigenvalue weighted by Crippen LogP contribution is -2.12. The summed E-state index contributed by atoms with van der Waals surface area (Å²) in [5.74, 6) is -0.215. The van der Waals surface area contributed by atoms with E-state index >= 15 is 0 Å². The monoisotopic (exact) mass is 234 g/mol. The van der Waals surface area contributed by atoms with Crippen molar-refractivity contribution >= 4 is 22.4 Å². The molecule has 0 bridgehead atoms. The minimum absolute atomic E-state index is 0.215. The molecule has 0 fully saturated rings. The number of aryl methyl sites for hydroxylation is 2. The molecule has 0 aliphatic rings. The van der Waals surface area contributed by atoms with Crippen molar-refractivity contribution in [3.8, 4) is 0 Å². The van der Waals surface area contributed by atoms with Gasteiger partial charge in [0.2, 0.25) is 5.13 Å². The van der Waals surface area contributed by atoms with Crippen molar-refractivity contribution in [2.45, 2.75) is 13.8 Å². The highest BCUT2D eigenvalue weighted by atomic mass is 32.1. The van der Waals surface area contributed by atoms with Gasteiger partial charge in [0.05, 0.1) is 5.56 Å². The molecule has 0 spiro atoms. The fourth-order valence-corrected chi connectivity index (χ4v) is 1.78. The Morgan fingerprint density at radius 2 is 2.12 bits per heavy atom. The second kappa shape index (κ2) is 4.36. The van der Waals surface area contributed by atoms with Gasteiger partial charge in [-0.3, -0.25) is 15.1 Å². The summed E-state index contributed by atoms with van der Waals surface area (Å²) in [6.07, 6.45) is 3.22. The first kappa shape index (κ1) is 10.7. The summed E-state index contributed by atoms with van der Waals surface area (Å²) in [4.78, 5) is 15.7. The predicted molar refractivity (Wildman–Crippen MR) is 61.6 cm³/mol. The summed E-state index contributed by atoms with van der Waals surface area (Å²) in [7, 11) is 0. The number of amides is 1. The molecule has 16 heavy (non-hydrogen) atoms. The Kier molecular flexibility index (Phi) is 2.91. The number of hydrogen-bond donors (Lipinski definition) is 1. The number of hydrogen-bond acceptors (Lipinski definition) is 5. The minimum Gasteiger partial charge on any atom is -0.296 e. The van der Waals surface area contributed by atoms with E-state index in [1.165, 1.54) is 17.5 Å². The van der Waals surface area contributed by atoms with Gasteiger partial charge in [-0.2, -0.15) is 0 Å². The molecule has 5 nitrogen and oxygen atoms in total. The molecule has 1 N–H and O–H groups in total. The number of carbonyl (C=O) groups excluding carboxylic acids is 1. The molecule has 2 heterocycles. The van der Waals surface area contributed by atoms with Gasteiger partial charge in [0.1, 0.15) is 5.01 Å². The molecular weight excluding hydrogens is 224 g/mol. The first-order valence-electron chi connectivity index (χ1n) is 4.68.